The summed E-state index contributed by atoms with van der Waals surface area (Å²) in [4.78, 5) is 30.6. The van der Waals surface area contributed by atoms with Crippen molar-refractivity contribution in [3.05, 3.63) is 94.4 Å². The van der Waals surface area contributed by atoms with Crippen LogP contribution in [0.2, 0.25) is 0 Å². The van der Waals surface area contributed by atoms with E-state index in [4.69, 9.17) is 4.74 Å². The minimum atomic E-state index is -0.445. The first kappa shape index (κ1) is 21.4. The minimum absolute atomic E-state index is 0.194. The fourth-order valence-electron chi connectivity index (χ4n) is 3.78. The minimum Gasteiger partial charge on any atom is -0.436 e. The molecule has 0 bridgehead atoms. The lowest BCUT2D eigenvalue weighted by Gasteiger charge is -2.09. The van der Waals surface area contributed by atoms with Crippen LogP contribution in [0.4, 0.5) is 5.69 Å². The summed E-state index contributed by atoms with van der Waals surface area (Å²) in [6.07, 6.45) is 0.916. The summed E-state index contributed by atoms with van der Waals surface area (Å²) in [6, 6.07) is 22.4. The molecule has 8 nitrogen and oxygen atoms in total. The Balaban J connectivity index is 1.53. The van der Waals surface area contributed by atoms with Gasteiger partial charge in [-0.3, -0.25) is 4.79 Å². The summed E-state index contributed by atoms with van der Waals surface area (Å²) in [5.74, 6) is 0.454. The molecule has 0 spiro atoms. The highest BCUT2D eigenvalue weighted by molar-refractivity contribution is 5.90. The van der Waals surface area contributed by atoms with Gasteiger partial charge in [-0.25, -0.2) is 18.9 Å². The molecule has 0 aliphatic carbocycles. The molecule has 0 unspecified atom stereocenters. The number of ether oxygens (including phenoxy) is 1. The third-order valence-electron chi connectivity index (χ3n) is 5.61. The average Bonchev–Trinajstić information content (AvgIpc) is 3.17. The van der Waals surface area contributed by atoms with Crippen molar-refractivity contribution in [3.63, 3.8) is 0 Å². The van der Waals surface area contributed by atoms with Crippen LogP contribution in [0.1, 0.15) is 18.1 Å². The Kier molecular flexibility index (Phi) is 5.55. The number of hydrogen-bond acceptors (Lipinski definition) is 5. The van der Waals surface area contributed by atoms with Crippen LogP contribution in [0, 0.1) is 6.92 Å². The van der Waals surface area contributed by atoms with Crippen molar-refractivity contribution in [1.29, 1.82) is 0 Å². The number of nitrogens with one attached hydrogen (secondary N) is 1. The molecule has 1 N–H and O–H groups in total. The summed E-state index contributed by atoms with van der Waals surface area (Å²) in [5, 5.41) is 7.23. The summed E-state index contributed by atoms with van der Waals surface area (Å²) >= 11 is 0. The van der Waals surface area contributed by atoms with Crippen molar-refractivity contribution in [1.82, 2.24) is 19.2 Å². The number of fused-ring (bicyclic) bond motifs is 3. The molecule has 0 aliphatic heterocycles. The van der Waals surface area contributed by atoms with Gasteiger partial charge in [0.2, 0.25) is 11.6 Å². The van der Waals surface area contributed by atoms with Crippen LogP contribution in [0.15, 0.2) is 77.6 Å². The molecule has 1 amide bonds. The summed E-state index contributed by atoms with van der Waals surface area (Å²) in [6.45, 7) is 3.75. The first-order valence-corrected chi connectivity index (χ1v) is 11.0. The molecule has 2 aromatic heterocycles. The number of amides is 1. The molecule has 8 heteroatoms. The Labute approximate surface area is 195 Å². The SMILES string of the molecule is CCc1ccc(NC(=O)Cn2nc3c(Oc4ccccc4C)nc4ccccc4n3c2=O)cc1. The molecule has 2 heterocycles. The predicted molar refractivity (Wildman–Crippen MR) is 130 cm³/mol. The summed E-state index contributed by atoms with van der Waals surface area (Å²) in [7, 11) is 0. The number of para-hydroxylation sites is 3. The maximum Gasteiger partial charge on any atom is 0.351 e. The van der Waals surface area contributed by atoms with E-state index in [-0.39, 0.29) is 24.0 Å². The second-order valence-electron chi connectivity index (χ2n) is 7.97. The van der Waals surface area contributed by atoms with E-state index in [9.17, 15) is 9.59 Å². The maximum absolute atomic E-state index is 13.3. The maximum atomic E-state index is 13.3. The lowest BCUT2D eigenvalue weighted by atomic mass is 10.1. The molecule has 5 aromatic rings. The van der Waals surface area contributed by atoms with E-state index in [0.29, 0.717) is 22.5 Å². The largest absolute Gasteiger partial charge is 0.436 e. The number of aryl methyl sites for hydroxylation is 2. The van der Waals surface area contributed by atoms with Crippen LogP contribution in [0.25, 0.3) is 16.7 Å². The highest BCUT2D eigenvalue weighted by Gasteiger charge is 2.19. The number of rotatable bonds is 6. The van der Waals surface area contributed by atoms with Crippen LogP contribution in [0.5, 0.6) is 11.6 Å². The molecule has 34 heavy (non-hydrogen) atoms. The van der Waals surface area contributed by atoms with Gasteiger partial charge in [0.05, 0.1) is 11.0 Å². The van der Waals surface area contributed by atoms with Gasteiger partial charge in [0.1, 0.15) is 12.3 Å². The number of anilines is 1. The Morgan fingerprint density at radius 1 is 1.00 bits per heavy atom. The first-order chi connectivity index (χ1) is 16.5. The number of aromatic nitrogens is 4. The number of carbonyl (C=O) groups is 1. The van der Waals surface area contributed by atoms with E-state index in [1.807, 2.05) is 67.6 Å². The molecular formula is C26H23N5O3. The fraction of sp³-hybridized carbons (Fsp3) is 0.154. The zero-order valence-corrected chi connectivity index (χ0v) is 18.9. The standard InChI is InChI=1S/C26H23N5O3/c1-3-18-12-14-19(15-13-18)27-23(32)16-30-26(33)31-21-10-6-5-9-20(21)28-25(24(31)29-30)34-22-11-7-4-8-17(22)2/h4-15H,3,16H2,1-2H3,(H,27,32). The third kappa shape index (κ3) is 4.01. The van der Waals surface area contributed by atoms with E-state index in [0.717, 1.165) is 16.7 Å². The monoisotopic (exact) mass is 453 g/mol. The van der Waals surface area contributed by atoms with Crippen molar-refractivity contribution >= 4 is 28.3 Å². The molecule has 3 aromatic carbocycles. The molecule has 0 saturated heterocycles. The molecule has 0 fully saturated rings. The van der Waals surface area contributed by atoms with Gasteiger partial charge in [0, 0.05) is 5.69 Å². The van der Waals surface area contributed by atoms with E-state index in [2.05, 4.69) is 22.3 Å². The van der Waals surface area contributed by atoms with Crippen LogP contribution < -0.4 is 15.7 Å². The van der Waals surface area contributed by atoms with Crippen LogP contribution in [-0.4, -0.2) is 25.1 Å². The average molecular weight is 454 g/mol. The van der Waals surface area contributed by atoms with Crippen LogP contribution in [0.3, 0.4) is 0 Å². The van der Waals surface area contributed by atoms with Gasteiger partial charge in [0.25, 0.3) is 5.88 Å². The van der Waals surface area contributed by atoms with Crippen molar-refractivity contribution in [2.24, 2.45) is 0 Å². The van der Waals surface area contributed by atoms with E-state index < -0.39 is 5.69 Å². The molecular weight excluding hydrogens is 430 g/mol. The van der Waals surface area contributed by atoms with Gasteiger partial charge >= 0.3 is 5.69 Å². The second-order valence-corrected chi connectivity index (χ2v) is 7.97. The highest BCUT2D eigenvalue weighted by Crippen LogP contribution is 2.28. The molecule has 0 saturated carbocycles. The lowest BCUT2D eigenvalue weighted by Crippen LogP contribution is -2.28. The van der Waals surface area contributed by atoms with Gasteiger partial charge in [-0.05, 0) is 54.8 Å². The summed E-state index contributed by atoms with van der Waals surface area (Å²) < 4.78 is 8.63. The second kappa shape index (κ2) is 8.82. The number of nitrogens with zero attached hydrogens (tertiary/aromatic N) is 4. The molecule has 5 rings (SSSR count). The number of carbonyl (C=O) groups excluding carboxylic acids is 1. The predicted octanol–water partition coefficient (Wildman–Crippen LogP) is 4.35. The fourth-order valence-corrected chi connectivity index (χ4v) is 3.78. The van der Waals surface area contributed by atoms with Gasteiger partial charge in [-0.2, -0.15) is 0 Å². The topological polar surface area (TPSA) is 90.5 Å². The quantitative estimate of drug-likeness (QED) is 0.413. The Bertz CT molecular complexity index is 1570. The smallest absolute Gasteiger partial charge is 0.351 e. The number of hydrogen-bond donors (Lipinski definition) is 1. The van der Waals surface area contributed by atoms with Crippen molar-refractivity contribution < 1.29 is 9.53 Å². The Morgan fingerprint density at radius 3 is 2.50 bits per heavy atom. The normalized spacial score (nSPS) is 11.1. The highest BCUT2D eigenvalue weighted by atomic mass is 16.5. The number of benzene rings is 3. The van der Waals surface area contributed by atoms with Gasteiger partial charge < -0.3 is 10.1 Å². The van der Waals surface area contributed by atoms with Gasteiger partial charge in [-0.15, -0.1) is 5.10 Å². The van der Waals surface area contributed by atoms with Crippen molar-refractivity contribution in [2.75, 3.05) is 5.32 Å². The third-order valence-corrected chi connectivity index (χ3v) is 5.61. The van der Waals surface area contributed by atoms with E-state index in [1.165, 1.54) is 9.96 Å². The zero-order chi connectivity index (χ0) is 23.7. The van der Waals surface area contributed by atoms with E-state index in [1.54, 1.807) is 12.1 Å². The molecule has 0 radical (unpaired) electrons. The molecule has 0 aliphatic rings. The first-order valence-electron chi connectivity index (χ1n) is 11.0. The molecule has 0 atom stereocenters. The summed E-state index contributed by atoms with van der Waals surface area (Å²) in [5.41, 5.74) is 3.73. The van der Waals surface area contributed by atoms with Crippen LogP contribution in [-0.2, 0) is 17.8 Å². The zero-order valence-electron chi connectivity index (χ0n) is 18.9. The molecule has 170 valence electrons. The lowest BCUT2D eigenvalue weighted by molar-refractivity contribution is -0.117. The van der Waals surface area contributed by atoms with Gasteiger partial charge in [0.15, 0.2) is 0 Å². The van der Waals surface area contributed by atoms with Gasteiger partial charge in [-0.1, -0.05) is 49.4 Å². The van der Waals surface area contributed by atoms with E-state index >= 15 is 0 Å². The Morgan fingerprint density at radius 2 is 1.74 bits per heavy atom. The van der Waals surface area contributed by atoms with Crippen molar-refractivity contribution in [2.45, 2.75) is 26.8 Å². The Hall–Kier alpha value is -4.46. The van der Waals surface area contributed by atoms with Crippen molar-refractivity contribution in [3.8, 4) is 11.6 Å². The van der Waals surface area contributed by atoms with Crippen LogP contribution >= 0.6 is 0 Å².